The predicted molar refractivity (Wildman–Crippen MR) is 74.5 cm³/mol. The van der Waals surface area contributed by atoms with Crippen LogP contribution in [0.25, 0.3) is 0 Å². The highest BCUT2D eigenvalue weighted by Crippen LogP contribution is 2.38. The molecule has 108 valence electrons. The van der Waals surface area contributed by atoms with Gasteiger partial charge in [-0.25, -0.2) is 0 Å². The van der Waals surface area contributed by atoms with Gasteiger partial charge in [-0.15, -0.1) is 0 Å². The van der Waals surface area contributed by atoms with E-state index in [9.17, 15) is 4.79 Å². The summed E-state index contributed by atoms with van der Waals surface area (Å²) in [5.74, 6) is 1.85. The summed E-state index contributed by atoms with van der Waals surface area (Å²) >= 11 is 0. The number of ether oxygens (including phenoxy) is 2. The lowest BCUT2D eigenvalue weighted by Gasteiger charge is -2.24. The molecule has 3 heteroatoms. The van der Waals surface area contributed by atoms with Gasteiger partial charge in [-0.05, 0) is 38.2 Å². The second-order valence-corrected chi connectivity index (χ2v) is 5.96. The maximum atomic E-state index is 11.9. The van der Waals surface area contributed by atoms with Crippen LogP contribution in [0.15, 0.2) is 11.8 Å². The van der Waals surface area contributed by atoms with Crippen molar-refractivity contribution >= 4 is 5.97 Å². The summed E-state index contributed by atoms with van der Waals surface area (Å²) in [6.07, 6.45) is 7.71. The van der Waals surface area contributed by atoms with E-state index in [1.165, 1.54) is 19.3 Å². The zero-order valence-electron chi connectivity index (χ0n) is 12.4. The Bertz CT molecular complexity index is 348. The molecule has 0 spiro atoms. The highest BCUT2D eigenvalue weighted by molar-refractivity contribution is 5.75. The first-order chi connectivity index (χ1) is 9.13. The minimum absolute atomic E-state index is 0.000447. The minimum atomic E-state index is -0.146. The van der Waals surface area contributed by atoms with Gasteiger partial charge in [-0.3, -0.25) is 4.79 Å². The summed E-state index contributed by atoms with van der Waals surface area (Å²) in [6, 6.07) is 0. The smallest absolute Gasteiger partial charge is 0.309 e. The third-order valence-corrected chi connectivity index (χ3v) is 4.48. The molecule has 2 aliphatic rings. The van der Waals surface area contributed by atoms with Crippen molar-refractivity contribution in [3.05, 3.63) is 11.8 Å². The number of fused-ring (bicyclic) bond motifs is 1. The summed E-state index contributed by atoms with van der Waals surface area (Å²) in [7, 11) is 0. The number of hydrogen-bond acceptors (Lipinski definition) is 3. The summed E-state index contributed by atoms with van der Waals surface area (Å²) < 4.78 is 11.3. The Hall–Kier alpha value is -0.990. The van der Waals surface area contributed by atoms with E-state index in [2.05, 4.69) is 13.0 Å². The molecule has 0 radical (unpaired) electrons. The van der Waals surface area contributed by atoms with Crippen LogP contribution in [0, 0.1) is 17.8 Å². The molecule has 1 aliphatic carbocycles. The van der Waals surface area contributed by atoms with Crippen LogP contribution < -0.4 is 0 Å². The van der Waals surface area contributed by atoms with Crippen LogP contribution in [-0.4, -0.2) is 18.7 Å². The first-order valence-corrected chi connectivity index (χ1v) is 7.66. The minimum Gasteiger partial charge on any atom is -0.495 e. The monoisotopic (exact) mass is 266 g/mol. The Morgan fingerprint density at radius 3 is 2.84 bits per heavy atom. The van der Waals surface area contributed by atoms with Crippen molar-refractivity contribution in [2.45, 2.75) is 59.0 Å². The average molecular weight is 266 g/mol. The van der Waals surface area contributed by atoms with Crippen molar-refractivity contribution in [3.8, 4) is 0 Å². The fraction of sp³-hybridized carbons (Fsp3) is 0.812. The second kappa shape index (κ2) is 6.44. The second-order valence-electron chi connectivity index (χ2n) is 5.96. The van der Waals surface area contributed by atoms with E-state index in [1.54, 1.807) is 0 Å². The van der Waals surface area contributed by atoms with E-state index < -0.39 is 0 Å². The third kappa shape index (κ3) is 3.31. The Morgan fingerprint density at radius 1 is 1.32 bits per heavy atom. The third-order valence-electron chi connectivity index (χ3n) is 4.48. The summed E-state index contributed by atoms with van der Waals surface area (Å²) in [5.41, 5.74) is 0. The van der Waals surface area contributed by atoms with E-state index in [-0.39, 0.29) is 23.9 Å². The number of hydrogen-bond donors (Lipinski definition) is 0. The topological polar surface area (TPSA) is 35.5 Å². The molecule has 0 aromatic heterocycles. The standard InChI is InChI=1S/C16H26O3/c1-4-18-14-8-6-5-7-11(2)9-10-13-12(3)16(17)19-15(13)14/h8,11-13,15H,4-7,9-10H2,1-3H3/b14-8+. The molecule has 2 rings (SSSR count). The molecule has 0 N–H and O–H groups in total. The number of carbonyl (C=O) groups excluding carboxylic acids is 1. The van der Waals surface area contributed by atoms with Crippen LogP contribution in [0.5, 0.6) is 0 Å². The molecule has 0 saturated carbocycles. The zero-order chi connectivity index (χ0) is 13.8. The molecule has 0 bridgehead atoms. The molecule has 0 aromatic carbocycles. The average Bonchev–Trinajstić information content (AvgIpc) is 2.67. The summed E-state index contributed by atoms with van der Waals surface area (Å²) in [5, 5.41) is 0. The van der Waals surface area contributed by atoms with Gasteiger partial charge in [0.1, 0.15) is 5.76 Å². The predicted octanol–water partition coefficient (Wildman–Crippen LogP) is 3.68. The van der Waals surface area contributed by atoms with Crippen LogP contribution in [0.2, 0.25) is 0 Å². The van der Waals surface area contributed by atoms with Crippen molar-refractivity contribution in [2.24, 2.45) is 17.8 Å². The van der Waals surface area contributed by atoms with E-state index in [0.29, 0.717) is 6.61 Å². The molecule has 3 nitrogen and oxygen atoms in total. The van der Waals surface area contributed by atoms with Crippen molar-refractivity contribution < 1.29 is 14.3 Å². The van der Waals surface area contributed by atoms with Gasteiger partial charge < -0.3 is 9.47 Å². The molecule has 1 fully saturated rings. The maximum Gasteiger partial charge on any atom is 0.309 e. The molecule has 0 amide bonds. The summed E-state index contributed by atoms with van der Waals surface area (Å²) in [4.78, 5) is 11.9. The molecule has 1 aliphatic heterocycles. The fourth-order valence-corrected chi connectivity index (χ4v) is 3.18. The highest BCUT2D eigenvalue weighted by Gasteiger charge is 2.44. The van der Waals surface area contributed by atoms with Crippen LogP contribution in [0.4, 0.5) is 0 Å². The van der Waals surface area contributed by atoms with Gasteiger partial charge in [-0.1, -0.05) is 26.7 Å². The molecular weight excluding hydrogens is 240 g/mol. The lowest BCUT2D eigenvalue weighted by Crippen LogP contribution is -2.24. The number of allylic oxidation sites excluding steroid dienone is 1. The van der Waals surface area contributed by atoms with Crippen LogP contribution in [0.3, 0.4) is 0 Å². The van der Waals surface area contributed by atoms with Gasteiger partial charge in [0.15, 0.2) is 6.10 Å². The van der Waals surface area contributed by atoms with Gasteiger partial charge in [-0.2, -0.15) is 0 Å². The first-order valence-electron chi connectivity index (χ1n) is 7.66. The van der Waals surface area contributed by atoms with Crippen molar-refractivity contribution in [1.29, 1.82) is 0 Å². The largest absolute Gasteiger partial charge is 0.495 e. The van der Waals surface area contributed by atoms with Gasteiger partial charge in [0.25, 0.3) is 0 Å². The molecular formula is C16H26O3. The first kappa shape index (κ1) is 14.4. The zero-order valence-corrected chi connectivity index (χ0v) is 12.4. The lowest BCUT2D eigenvalue weighted by molar-refractivity contribution is -0.144. The van der Waals surface area contributed by atoms with Crippen LogP contribution in [0.1, 0.15) is 52.9 Å². The van der Waals surface area contributed by atoms with Crippen molar-refractivity contribution in [3.63, 3.8) is 0 Å². The summed E-state index contributed by atoms with van der Waals surface area (Å²) in [6.45, 7) is 6.92. The number of rotatable bonds is 2. The molecule has 0 aromatic rings. The number of carbonyl (C=O) groups is 1. The van der Waals surface area contributed by atoms with Gasteiger partial charge in [0.05, 0.1) is 12.5 Å². The maximum absolute atomic E-state index is 11.9. The van der Waals surface area contributed by atoms with Crippen molar-refractivity contribution in [2.75, 3.05) is 6.61 Å². The molecule has 19 heavy (non-hydrogen) atoms. The Kier molecular flexibility index (Phi) is 4.89. The molecule has 1 heterocycles. The van der Waals surface area contributed by atoms with E-state index in [0.717, 1.165) is 24.5 Å². The SMILES string of the molecule is CCO/C1=C/CCCC(C)CCC2C(C)C(=O)OC12. The quantitative estimate of drug-likeness (QED) is 0.715. The van der Waals surface area contributed by atoms with E-state index >= 15 is 0 Å². The molecule has 1 saturated heterocycles. The normalized spacial score (nSPS) is 38.9. The van der Waals surface area contributed by atoms with Crippen LogP contribution >= 0.6 is 0 Å². The van der Waals surface area contributed by atoms with Crippen LogP contribution in [-0.2, 0) is 14.3 Å². The van der Waals surface area contributed by atoms with E-state index in [4.69, 9.17) is 9.47 Å². The van der Waals surface area contributed by atoms with Gasteiger partial charge >= 0.3 is 5.97 Å². The Morgan fingerprint density at radius 2 is 2.11 bits per heavy atom. The lowest BCUT2D eigenvalue weighted by atomic mass is 9.83. The van der Waals surface area contributed by atoms with Gasteiger partial charge in [0.2, 0.25) is 0 Å². The van der Waals surface area contributed by atoms with Crippen molar-refractivity contribution in [1.82, 2.24) is 0 Å². The number of esters is 1. The Labute approximate surface area is 116 Å². The highest BCUT2D eigenvalue weighted by atomic mass is 16.6. The van der Waals surface area contributed by atoms with Gasteiger partial charge in [0, 0.05) is 5.92 Å². The van der Waals surface area contributed by atoms with E-state index in [1.807, 2.05) is 13.8 Å². The molecule has 4 unspecified atom stereocenters. The Balaban J connectivity index is 2.20. The fourth-order valence-electron chi connectivity index (χ4n) is 3.18. The molecule has 4 atom stereocenters.